The second-order valence-electron chi connectivity index (χ2n) is 7.14. The topological polar surface area (TPSA) is 90.3 Å². The number of hydrogen-bond donors (Lipinski definition) is 1. The summed E-state index contributed by atoms with van der Waals surface area (Å²) < 4.78 is 7.04. The van der Waals surface area contributed by atoms with Gasteiger partial charge < -0.3 is 10.1 Å². The predicted octanol–water partition coefficient (Wildman–Crippen LogP) is 3.46. The highest BCUT2D eigenvalue weighted by molar-refractivity contribution is 7.17. The van der Waals surface area contributed by atoms with Gasteiger partial charge in [-0.1, -0.05) is 6.92 Å². The van der Waals surface area contributed by atoms with Crippen LogP contribution in [0.4, 0.5) is 5.00 Å². The molecule has 3 heterocycles. The molecule has 0 unspecified atom stereocenters. The number of amides is 1. The minimum atomic E-state index is -0.409. The van der Waals surface area contributed by atoms with E-state index in [1.807, 2.05) is 0 Å². The molecule has 0 spiro atoms. The van der Waals surface area contributed by atoms with Crippen molar-refractivity contribution in [3.8, 4) is 0 Å². The highest BCUT2D eigenvalue weighted by Crippen LogP contribution is 2.40. The molecular weight excluding hydrogens is 410 g/mol. The van der Waals surface area contributed by atoms with Crippen LogP contribution in [0.1, 0.15) is 41.1 Å². The lowest BCUT2D eigenvalue weighted by molar-refractivity contribution is -0.116. The van der Waals surface area contributed by atoms with Gasteiger partial charge in [-0.15, -0.1) is 22.7 Å². The molecule has 3 aromatic rings. The maximum atomic E-state index is 12.7. The molecule has 1 aliphatic carbocycles. The third-order valence-electron chi connectivity index (χ3n) is 4.99. The van der Waals surface area contributed by atoms with Crippen molar-refractivity contribution < 1.29 is 14.3 Å². The number of ether oxygens (including phenoxy) is 1. The van der Waals surface area contributed by atoms with E-state index in [1.165, 1.54) is 33.6 Å². The van der Waals surface area contributed by atoms with E-state index in [-0.39, 0.29) is 24.6 Å². The molecule has 1 aliphatic rings. The summed E-state index contributed by atoms with van der Waals surface area (Å²) in [5.41, 5.74) is 1.83. The molecule has 1 atom stereocenters. The minimum Gasteiger partial charge on any atom is -0.462 e. The van der Waals surface area contributed by atoms with Crippen molar-refractivity contribution >= 4 is 49.8 Å². The van der Waals surface area contributed by atoms with E-state index in [1.54, 1.807) is 18.4 Å². The van der Waals surface area contributed by atoms with Crippen LogP contribution in [0.15, 0.2) is 22.6 Å². The van der Waals surface area contributed by atoms with E-state index in [0.29, 0.717) is 26.7 Å². The fraction of sp³-hybridized carbons (Fsp3) is 0.400. The Labute approximate surface area is 175 Å². The molecule has 152 valence electrons. The van der Waals surface area contributed by atoms with Crippen molar-refractivity contribution in [2.45, 2.75) is 39.7 Å². The van der Waals surface area contributed by atoms with Crippen LogP contribution in [0.5, 0.6) is 0 Å². The number of nitrogens with one attached hydrogen (secondary N) is 1. The third kappa shape index (κ3) is 3.84. The van der Waals surface area contributed by atoms with Crippen LogP contribution in [-0.2, 0) is 28.9 Å². The molecule has 0 aliphatic heterocycles. The van der Waals surface area contributed by atoms with Crippen molar-refractivity contribution in [2.75, 3.05) is 11.9 Å². The summed E-state index contributed by atoms with van der Waals surface area (Å²) in [6.07, 6.45) is 4.08. The summed E-state index contributed by atoms with van der Waals surface area (Å²) in [7, 11) is 0. The number of hydrogen-bond acceptors (Lipinski definition) is 7. The first-order valence-corrected chi connectivity index (χ1v) is 11.2. The maximum Gasteiger partial charge on any atom is 0.341 e. The predicted molar refractivity (Wildman–Crippen MR) is 114 cm³/mol. The Hall–Kier alpha value is -2.52. The molecule has 0 saturated carbocycles. The SMILES string of the molecule is CCOC(=O)c1c(NC(=O)Cn2cnc3ccsc3c2=O)sc2c1CC[C@H](C)C2. The van der Waals surface area contributed by atoms with Gasteiger partial charge in [-0.2, -0.15) is 0 Å². The van der Waals surface area contributed by atoms with Crippen LogP contribution in [0.25, 0.3) is 10.2 Å². The number of carbonyl (C=O) groups is 2. The number of aromatic nitrogens is 2. The summed E-state index contributed by atoms with van der Waals surface area (Å²) >= 11 is 2.74. The van der Waals surface area contributed by atoms with Crippen LogP contribution in [0, 0.1) is 5.92 Å². The maximum absolute atomic E-state index is 12.7. The first-order chi connectivity index (χ1) is 14.0. The number of fused-ring (bicyclic) bond motifs is 2. The van der Waals surface area contributed by atoms with Crippen molar-refractivity contribution in [2.24, 2.45) is 5.92 Å². The summed E-state index contributed by atoms with van der Waals surface area (Å²) in [4.78, 5) is 43.1. The zero-order valence-electron chi connectivity index (χ0n) is 16.2. The fourth-order valence-corrected chi connectivity index (χ4v) is 5.78. The van der Waals surface area contributed by atoms with E-state index in [4.69, 9.17) is 4.74 Å². The lowest BCUT2D eigenvalue weighted by Gasteiger charge is -2.18. The van der Waals surface area contributed by atoms with Crippen molar-refractivity contribution in [1.82, 2.24) is 9.55 Å². The van der Waals surface area contributed by atoms with Gasteiger partial charge in [-0.3, -0.25) is 14.2 Å². The molecule has 0 bridgehead atoms. The van der Waals surface area contributed by atoms with Gasteiger partial charge in [0, 0.05) is 4.88 Å². The summed E-state index contributed by atoms with van der Waals surface area (Å²) in [5, 5.41) is 5.14. The van der Waals surface area contributed by atoms with Crippen molar-refractivity contribution in [3.63, 3.8) is 0 Å². The van der Waals surface area contributed by atoms with Crippen LogP contribution in [0.2, 0.25) is 0 Å². The quantitative estimate of drug-likeness (QED) is 0.625. The summed E-state index contributed by atoms with van der Waals surface area (Å²) in [5.74, 6) is -0.238. The van der Waals surface area contributed by atoms with E-state index >= 15 is 0 Å². The van der Waals surface area contributed by atoms with Gasteiger partial charge in [-0.25, -0.2) is 9.78 Å². The van der Waals surface area contributed by atoms with E-state index in [0.717, 1.165) is 29.7 Å². The molecule has 0 saturated heterocycles. The van der Waals surface area contributed by atoms with Crippen molar-refractivity contribution in [1.29, 1.82) is 0 Å². The minimum absolute atomic E-state index is 0.166. The van der Waals surface area contributed by atoms with E-state index in [9.17, 15) is 14.4 Å². The lowest BCUT2D eigenvalue weighted by atomic mass is 9.88. The lowest BCUT2D eigenvalue weighted by Crippen LogP contribution is -2.27. The Morgan fingerprint density at radius 1 is 1.41 bits per heavy atom. The molecule has 1 N–H and O–H groups in total. The Bertz CT molecular complexity index is 1140. The highest BCUT2D eigenvalue weighted by Gasteiger charge is 2.29. The molecule has 0 aromatic carbocycles. The van der Waals surface area contributed by atoms with E-state index < -0.39 is 5.97 Å². The largest absolute Gasteiger partial charge is 0.462 e. The molecule has 29 heavy (non-hydrogen) atoms. The fourth-order valence-electron chi connectivity index (χ4n) is 3.57. The van der Waals surface area contributed by atoms with Gasteiger partial charge in [0.25, 0.3) is 5.56 Å². The first-order valence-electron chi connectivity index (χ1n) is 9.52. The van der Waals surface area contributed by atoms with Crippen LogP contribution >= 0.6 is 22.7 Å². The number of nitrogens with zero attached hydrogens (tertiary/aromatic N) is 2. The zero-order chi connectivity index (χ0) is 20.5. The first kappa shape index (κ1) is 19.8. The molecule has 9 heteroatoms. The van der Waals surface area contributed by atoms with Gasteiger partial charge in [0.2, 0.25) is 5.91 Å². The highest BCUT2D eigenvalue weighted by atomic mass is 32.1. The standard InChI is InChI=1S/C20H21N3O4S2/c1-3-27-20(26)16-12-5-4-11(2)8-14(12)29-18(16)22-15(24)9-23-10-21-13-6-7-28-17(13)19(23)25/h6-7,10-11H,3-5,8-9H2,1-2H3,(H,22,24)/t11-/m0/s1. The van der Waals surface area contributed by atoms with Gasteiger partial charge >= 0.3 is 5.97 Å². The van der Waals surface area contributed by atoms with Crippen LogP contribution < -0.4 is 10.9 Å². The van der Waals surface area contributed by atoms with Gasteiger partial charge in [0.1, 0.15) is 16.2 Å². The average molecular weight is 432 g/mol. The number of anilines is 1. The van der Waals surface area contributed by atoms with Gasteiger partial charge in [-0.05, 0) is 49.1 Å². The second kappa shape index (κ2) is 8.08. The average Bonchev–Trinajstić information content (AvgIpc) is 3.28. The molecule has 3 aromatic heterocycles. The Kier molecular flexibility index (Phi) is 5.51. The Balaban J connectivity index is 1.61. The Morgan fingerprint density at radius 3 is 3.03 bits per heavy atom. The number of carbonyl (C=O) groups excluding carboxylic acids is 2. The molecule has 0 fully saturated rings. The van der Waals surface area contributed by atoms with Gasteiger partial charge in [0.05, 0.1) is 24.0 Å². The van der Waals surface area contributed by atoms with Gasteiger partial charge in [0.15, 0.2) is 0 Å². The van der Waals surface area contributed by atoms with Crippen molar-refractivity contribution in [3.05, 3.63) is 44.1 Å². The van der Waals surface area contributed by atoms with Crippen LogP contribution in [-0.4, -0.2) is 28.0 Å². The Morgan fingerprint density at radius 2 is 2.24 bits per heavy atom. The number of esters is 1. The third-order valence-corrected chi connectivity index (χ3v) is 7.06. The second-order valence-corrected chi connectivity index (χ2v) is 9.16. The molecule has 4 rings (SSSR count). The molecule has 1 amide bonds. The summed E-state index contributed by atoms with van der Waals surface area (Å²) in [6, 6.07) is 1.77. The number of rotatable bonds is 5. The van der Waals surface area contributed by atoms with Crippen LogP contribution in [0.3, 0.4) is 0 Å². The van der Waals surface area contributed by atoms with E-state index in [2.05, 4.69) is 17.2 Å². The normalized spacial score (nSPS) is 15.9. The number of thiophene rings is 2. The molecule has 7 nitrogen and oxygen atoms in total. The zero-order valence-corrected chi connectivity index (χ0v) is 17.8. The summed E-state index contributed by atoms with van der Waals surface area (Å²) in [6.45, 7) is 4.05. The monoisotopic (exact) mass is 431 g/mol. The smallest absolute Gasteiger partial charge is 0.341 e. The molecule has 0 radical (unpaired) electrons. The molecular formula is C20H21N3O4S2.